The Kier molecular flexibility index (Phi) is 4.26. The van der Waals surface area contributed by atoms with E-state index in [4.69, 9.17) is 5.73 Å². The van der Waals surface area contributed by atoms with E-state index in [0.29, 0.717) is 13.0 Å². The quantitative estimate of drug-likeness (QED) is 0.510. The van der Waals surface area contributed by atoms with Gasteiger partial charge < -0.3 is 11.1 Å². The molecule has 0 atom stereocenters. The van der Waals surface area contributed by atoms with Gasteiger partial charge in [0.2, 0.25) is 5.91 Å². The smallest absolute Gasteiger partial charge is 0.220 e. The third-order valence-electron chi connectivity index (χ3n) is 0.775. The Morgan fingerprint density at radius 3 is 2.88 bits per heavy atom. The number of carbonyl (C=O) groups excluding carboxylic acids is 1. The second kappa shape index (κ2) is 4.59. The van der Waals surface area contributed by atoms with E-state index in [1.54, 1.807) is 13.5 Å². The van der Waals surface area contributed by atoms with Crippen LogP contribution in [0.2, 0.25) is 0 Å². The average molecular weight is 115 g/mol. The zero-order valence-corrected chi connectivity index (χ0v) is 4.98. The van der Waals surface area contributed by atoms with Crippen LogP contribution in [0.15, 0.2) is 0 Å². The Balaban J connectivity index is 2.99. The molecule has 0 aromatic heterocycles. The first-order valence-electron chi connectivity index (χ1n) is 2.53. The summed E-state index contributed by atoms with van der Waals surface area (Å²) in [6.07, 6.45) is 2.14. The summed E-state index contributed by atoms with van der Waals surface area (Å²) in [4.78, 5) is 10.4. The Morgan fingerprint density at radius 2 is 2.50 bits per heavy atom. The molecule has 0 aliphatic heterocycles. The van der Waals surface area contributed by atoms with Crippen molar-refractivity contribution < 1.29 is 4.79 Å². The fourth-order valence-corrected chi connectivity index (χ4v) is 0.316. The van der Waals surface area contributed by atoms with E-state index in [1.807, 2.05) is 0 Å². The Hall–Kier alpha value is -0.570. The highest BCUT2D eigenvalue weighted by atomic mass is 16.1. The van der Waals surface area contributed by atoms with Crippen LogP contribution in [0.4, 0.5) is 0 Å². The van der Waals surface area contributed by atoms with Crippen molar-refractivity contribution >= 4 is 5.91 Å². The van der Waals surface area contributed by atoms with E-state index < -0.39 is 0 Å². The van der Waals surface area contributed by atoms with Crippen molar-refractivity contribution in [3.63, 3.8) is 0 Å². The van der Waals surface area contributed by atoms with E-state index >= 15 is 0 Å². The SMILES string of the molecule is CNC(=O)C[CH]CN. The molecule has 0 rings (SSSR count). The summed E-state index contributed by atoms with van der Waals surface area (Å²) in [5.74, 6) is 0.00968. The van der Waals surface area contributed by atoms with Crippen LogP contribution in [0.3, 0.4) is 0 Å². The molecule has 0 aromatic rings. The molecule has 0 heterocycles. The van der Waals surface area contributed by atoms with Crippen molar-refractivity contribution in [1.29, 1.82) is 0 Å². The molecule has 0 unspecified atom stereocenters. The molecule has 3 N–H and O–H groups in total. The average Bonchev–Trinajstić information content (AvgIpc) is 1.83. The fraction of sp³-hybridized carbons (Fsp3) is 0.600. The van der Waals surface area contributed by atoms with Crippen molar-refractivity contribution in [3.8, 4) is 0 Å². The van der Waals surface area contributed by atoms with Gasteiger partial charge in [-0.1, -0.05) is 0 Å². The Labute approximate surface area is 49.3 Å². The molecule has 0 saturated carbocycles. The molecule has 47 valence electrons. The van der Waals surface area contributed by atoms with Crippen LogP contribution in [0.1, 0.15) is 6.42 Å². The summed E-state index contributed by atoms with van der Waals surface area (Å²) >= 11 is 0. The molecule has 8 heavy (non-hydrogen) atoms. The highest BCUT2D eigenvalue weighted by Gasteiger charge is 1.93. The largest absolute Gasteiger partial charge is 0.359 e. The maximum absolute atomic E-state index is 10.4. The molecule has 0 aliphatic rings. The van der Waals surface area contributed by atoms with Gasteiger partial charge in [-0.25, -0.2) is 0 Å². The molecule has 0 saturated heterocycles. The number of nitrogens with one attached hydrogen (secondary N) is 1. The zero-order valence-electron chi connectivity index (χ0n) is 4.98. The van der Waals surface area contributed by atoms with E-state index in [-0.39, 0.29) is 5.91 Å². The minimum absolute atomic E-state index is 0.00968. The first kappa shape index (κ1) is 7.43. The third kappa shape index (κ3) is 3.61. The maximum atomic E-state index is 10.4. The molecule has 0 aromatic carbocycles. The molecule has 0 aliphatic carbocycles. The molecule has 0 spiro atoms. The van der Waals surface area contributed by atoms with Gasteiger partial charge in [0.25, 0.3) is 0 Å². The van der Waals surface area contributed by atoms with Gasteiger partial charge in [-0.3, -0.25) is 4.79 Å². The molecule has 3 heteroatoms. The van der Waals surface area contributed by atoms with Crippen molar-refractivity contribution in [1.82, 2.24) is 5.32 Å². The monoisotopic (exact) mass is 115 g/mol. The molecule has 1 amide bonds. The lowest BCUT2D eigenvalue weighted by atomic mass is 10.3. The van der Waals surface area contributed by atoms with E-state index in [0.717, 1.165) is 0 Å². The number of nitrogens with two attached hydrogens (primary N) is 1. The van der Waals surface area contributed by atoms with Crippen LogP contribution in [0.5, 0.6) is 0 Å². The van der Waals surface area contributed by atoms with Crippen LogP contribution in [-0.4, -0.2) is 19.5 Å². The van der Waals surface area contributed by atoms with Gasteiger partial charge >= 0.3 is 0 Å². The molecule has 1 radical (unpaired) electrons. The number of rotatable bonds is 3. The Bertz CT molecular complexity index is 72.8. The standard InChI is InChI=1S/C5H11N2O/c1-7-5(8)3-2-4-6/h2H,3-4,6H2,1H3,(H,7,8). The second-order valence-corrected chi connectivity index (χ2v) is 1.40. The highest BCUT2D eigenvalue weighted by molar-refractivity contribution is 5.76. The van der Waals surface area contributed by atoms with Gasteiger partial charge in [0.15, 0.2) is 0 Å². The van der Waals surface area contributed by atoms with E-state index in [1.165, 1.54) is 0 Å². The summed E-state index contributed by atoms with van der Waals surface area (Å²) in [7, 11) is 1.60. The summed E-state index contributed by atoms with van der Waals surface area (Å²) in [6, 6.07) is 0. The molecule has 0 bridgehead atoms. The van der Waals surface area contributed by atoms with Gasteiger partial charge in [-0.05, 0) is 13.0 Å². The molecule has 3 nitrogen and oxygen atoms in total. The van der Waals surface area contributed by atoms with Crippen LogP contribution in [0, 0.1) is 6.42 Å². The van der Waals surface area contributed by atoms with Crippen molar-refractivity contribution in [2.24, 2.45) is 5.73 Å². The molecular weight excluding hydrogens is 104 g/mol. The lowest BCUT2D eigenvalue weighted by molar-refractivity contribution is -0.120. The maximum Gasteiger partial charge on any atom is 0.220 e. The number of amides is 1. The Morgan fingerprint density at radius 1 is 1.88 bits per heavy atom. The van der Waals surface area contributed by atoms with E-state index in [2.05, 4.69) is 5.32 Å². The first-order valence-corrected chi connectivity index (χ1v) is 2.53. The van der Waals surface area contributed by atoms with Crippen LogP contribution < -0.4 is 11.1 Å². The molecule has 0 fully saturated rings. The highest BCUT2D eigenvalue weighted by Crippen LogP contribution is 1.80. The normalized spacial score (nSPS) is 8.75. The van der Waals surface area contributed by atoms with E-state index in [9.17, 15) is 4.79 Å². The summed E-state index contributed by atoms with van der Waals surface area (Å²) in [5, 5.41) is 2.47. The minimum atomic E-state index is 0.00968. The minimum Gasteiger partial charge on any atom is -0.359 e. The summed E-state index contributed by atoms with van der Waals surface area (Å²) < 4.78 is 0. The first-order chi connectivity index (χ1) is 3.81. The van der Waals surface area contributed by atoms with Gasteiger partial charge in [0.05, 0.1) is 0 Å². The van der Waals surface area contributed by atoms with Gasteiger partial charge in [0, 0.05) is 13.5 Å². The van der Waals surface area contributed by atoms with Gasteiger partial charge in [-0.15, -0.1) is 0 Å². The number of carbonyl (C=O) groups is 1. The number of hydrogen-bond acceptors (Lipinski definition) is 2. The molecular formula is C5H11N2O. The number of hydrogen-bond donors (Lipinski definition) is 2. The van der Waals surface area contributed by atoms with Crippen molar-refractivity contribution in [2.45, 2.75) is 6.42 Å². The summed E-state index contributed by atoms with van der Waals surface area (Å²) in [5.41, 5.74) is 5.10. The second-order valence-electron chi connectivity index (χ2n) is 1.40. The third-order valence-corrected chi connectivity index (χ3v) is 0.775. The van der Waals surface area contributed by atoms with Crippen molar-refractivity contribution in [3.05, 3.63) is 6.42 Å². The lowest BCUT2D eigenvalue weighted by Crippen LogP contribution is -2.18. The van der Waals surface area contributed by atoms with Crippen LogP contribution in [-0.2, 0) is 4.79 Å². The topological polar surface area (TPSA) is 55.1 Å². The van der Waals surface area contributed by atoms with Crippen LogP contribution >= 0.6 is 0 Å². The van der Waals surface area contributed by atoms with Crippen LogP contribution in [0.25, 0.3) is 0 Å². The predicted octanol–water partition coefficient (Wildman–Crippen LogP) is -0.715. The van der Waals surface area contributed by atoms with Gasteiger partial charge in [0.1, 0.15) is 0 Å². The predicted molar refractivity (Wildman–Crippen MR) is 32.0 cm³/mol. The fourth-order valence-electron chi connectivity index (χ4n) is 0.316. The van der Waals surface area contributed by atoms with Crippen molar-refractivity contribution in [2.75, 3.05) is 13.6 Å². The summed E-state index contributed by atoms with van der Waals surface area (Å²) in [6.45, 7) is 0.466. The zero-order chi connectivity index (χ0) is 6.41. The lowest BCUT2D eigenvalue weighted by Gasteiger charge is -1.93. The van der Waals surface area contributed by atoms with Gasteiger partial charge in [-0.2, -0.15) is 0 Å².